The molecule has 0 saturated carbocycles. The lowest BCUT2D eigenvalue weighted by atomic mass is 10.1. The number of hydrogen-bond acceptors (Lipinski definition) is 4. The van der Waals surface area contributed by atoms with Crippen molar-refractivity contribution < 1.29 is 9.72 Å². The van der Waals surface area contributed by atoms with Crippen LogP contribution in [-0.4, -0.2) is 20.3 Å². The molecule has 0 amide bonds. The molecule has 6 nitrogen and oxygen atoms in total. The van der Waals surface area contributed by atoms with E-state index in [-0.39, 0.29) is 23.2 Å². The highest BCUT2D eigenvalue weighted by Crippen LogP contribution is 2.22. The molecule has 2 rings (SSSR count). The van der Waals surface area contributed by atoms with Crippen LogP contribution in [-0.2, 0) is 6.54 Å². The summed E-state index contributed by atoms with van der Waals surface area (Å²) in [6, 6.07) is 4.53. The lowest BCUT2D eigenvalue weighted by Crippen LogP contribution is -2.09. The van der Waals surface area contributed by atoms with Gasteiger partial charge in [-0.2, -0.15) is 0 Å². The molecule has 0 atom stereocenters. The molecule has 0 aliphatic rings. The van der Waals surface area contributed by atoms with Crippen molar-refractivity contribution >= 4 is 34.8 Å². The van der Waals surface area contributed by atoms with Crippen LogP contribution >= 0.6 is 23.2 Å². The Morgan fingerprint density at radius 1 is 1.42 bits per heavy atom. The Morgan fingerprint density at radius 3 is 2.74 bits per heavy atom. The van der Waals surface area contributed by atoms with E-state index < -0.39 is 4.92 Å². The Morgan fingerprint density at radius 2 is 2.16 bits per heavy atom. The maximum atomic E-state index is 12.0. The summed E-state index contributed by atoms with van der Waals surface area (Å²) in [5, 5.41) is 11.1. The first-order valence-electron chi connectivity index (χ1n) is 5.12. The molecule has 1 heterocycles. The number of nitrogens with zero attached hydrogens (tertiary/aromatic N) is 3. The summed E-state index contributed by atoms with van der Waals surface area (Å²) in [5.74, 6) is -0.594. The quantitative estimate of drug-likeness (QED) is 0.494. The fraction of sp³-hybridized carbons (Fsp3) is 0.0909. The highest BCUT2D eigenvalue weighted by molar-refractivity contribution is 6.36. The number of aromatic nitrogens is 2. The summed E-state index contributed by atoms with van der Waals surface area (Å²) < 4.78 is 1.32. The van der Waals surface area contributed by atoms with Gasteiger partial charge < -0.3 is 14.7 Å². The van der Waals surface area contributed by atoms with Crippen LogP contribution in [0.25, 0.3) is 0 Å². The van der Waals surface area contributed by atoms with E-state index in [4.69, 9.17) is 23.2 Å². The van der Waals surface area contributed by atoms with Gasteiger partial charge in [0.15, 0.2) is 5.78 Å². The second kappa shape index (κ2) is 5.38. The number of halogens is 2. The summed E-state index contributed by atoms with van der Waals surface area (Å²) in [4.78, 5) is 25.4. The lowest BCUT2D eigenvalue weighted by Gasteiger charge is -2.03. The van der Waals surface area contributed by atoms with Crippen LogP contribution in [0, 0.1) is 10.1 Å². The first-order chi connectivity index (χ1) is 8.97. The second-order valence-corrected chi connectivity index (χ2v) is 4.55. The first kappa shape index (κ1) is 13.5. The van der Waals surface area contributed by atoms with E-state index >= 15 is 0 Å². The average molecular weight is 300 g/mol. The molecule has 0 N–H and O–H groups in total. The van der Waals surface area contributed by atoms with Gasteiger partial charge in [0, 0.05) is 10.6 Å². The zero-order valence-corrected chi connectivity index (χ0v) is 10.9. The molecular weight excluding hydrogens is 293 g/mol. The van der Waals surface area contributed by atoms with Crippen molar-refractivity contribution in [2.75, 3.05) is 0 Å². The molecule has 1 aromatic carbocycles. The number of benzene rings is 1. The van der Waals surface area contributed by atoms with Crippen molar-refractivity contribution in [2.45, 2.75) is 6.54 Å². The summed E-state index contributed by atoms with van der Waals surface area (Å²) in [6.07, 6.45) is 2.40. The Bertz CT molecular complexity index is 654. The van der Waals surface area contributed by atoms with E-state index in [2.05, 4.69) is 4.98 Å². The fourth-order valence-electron chi connectivity index (χ4n) is 1.50. The third-order valence-corrected chi connectivity index (χ3v) is 2.91. The zero-order valence-electron chi connectivity index (χ0n) is 9.42. The van der Waals surface area contributed by atoms with Gasteiger partial charge in [0.1, 0.15) is 6.20 Å². The number of rotatable bonds is 4. The van der Waals surface area contributed by atoms with Crippen LogP contribution in [0.3, 0.4) is 0 Å². The third-order valence-electron chi connectivity index (χ3n) is 2.36. The summed E-state index contributed by atoms with van der Waals surface area (Å²) in [6.45, 7) is -0.0812. The van der Waals surface area contributed by atoms with Gasteiger partial charge in [-0.05, 0) is 28.1 Å². The fourth-order valence-corrected chi connectivity index (χ4v) is 2.01. The van der Waals surface area contributed by atoms with Crippen molar-refractivity contribution in [1.29, 1.82) is 0 Å². The molecule has 0 aliphatic carbocycles. The Labute approximate surface area is 117 Å². The average Bonchev–Trinajstić information content (AvgIpc) is 2.77. The predicted octanol–water partition coefficient (Wildman–Crippen LogP) is 2.98. The Balaban J connectivity index is 2.18. The third kappa shape index (κ3) is 3.10. The molecular formula is C11H7Cl2N3O3. The second-order valence-electron chi connectivity index (χ2n) is 3.71. The molecule has 19 heavy (non-hydrogen) atoms. The maximum absolute atomic E-state index is 12.0. The van der Waals surface area contributed by atoms with Crippen molar-refractivity contribution in [3.63, 3.8) is 0 Å². The molecule has 0 bridgehead atoms. The minimum Gasteiger partial charge on any atom is -0.358 e. The van der Waals surface area contributed by atoms with Gasteiger partial charge in [-0.1, -0.05) is 23.2 Å². The molecule has 0 spiro atoms. The minimum absolute atomic E-state index is 0.0812. The molecule has 1 aromatic heterocycles. The van der Waals surface area contributed by atoms with Gasteiger partial charge in [-0.3, -0.25) is 4.79 Å². The van der Waals surface area contributed by atoms with Gasteiger partial charge in [-0.25, -0.2) is 0 Å². The maximum Gasteiger partial charge on any atom is 0.381 e. The summed E-state index contributed by atoms with van der Waals surface area (Å²) >= 11 is 11.6. The van der Waals surface area contributed by atoms with Gasteiger partial charge in [0.25, 0.3) is 0 Å². The molecule has 0 saturated heterocycles. The van der Waals surface area contributed by atoms with Gasteiger partial charge >= 0.3 is 5.82 Å². The summed E-state index contributed by atoms with van der Waals surface area (Å²) in [5.41, 5.74) is 0.308. The van der Waals surface area contributed by atoms with E-state index in [0.29, 0.717) is 10.6 Å². The standard InChI is InChI=1S/C11H7Cl2N3O3/c12-7-1-2-8(9(13)3-7)10(17)4-15-5-11(14-6-15)16(18)19/h1-3,5-6H,4H2. The molecule has 2 aromatic rings. The number of carbonyl (C=O) groups excluding carboxylic acids is 1. The molecule has 0 fully saturated rings. The minimum atomic E-state index is -0.629. The predicted molar refractivity (Wildman–Crippen MR) is 69.7 cm³/mol. The number of imidazole rings is 1. The molecule has 0 unspecified atom stereocenters. The van der Waals surface area contributed by atoms with Crippen molar-refractivity contribution in [3.8, 4) is 0 Å². The Hall–Kier alpha value is -1.92. The van der Waals surface area contributed by atoms with E-state index in [9.17, 15) is 14.9 Å². The van der Waals surface area contributed by atoms with Crippen molar-refractivity contribution in [3.05, 3.63) is 56.4 Å². The summed E-state index contributed by atoms with van der Waals surface area (Å²) in [7, 11) is 0. The number of ketones is 1. The van der Waals surface area contributed by atoms with Crippen LogP contribution in [0.15, 0.2) is 30.7 Å². The van der Waals surface area contributed by atoms with Gasteiger partial charge in [0.05, 0.1) is 11.6 Å². The van der Waals surface area contributed by atoms with Crippen LogP contribution in [0.4, 0.5) is 5.82 Å². The highest BCUT2D eigenvalue weighted by atomic mass is 35.5. The number of nitro groups is 1. The molecule has 8 heteroatoms. The zero-order chi connectivity index (χ0) is 14.0. The number of carbonyl (C=O) groups is 1. The number of Topliss-reactive ketones (excluding diaryl/α,β-unsaturated/α-hetero) is 1. The Kier molecular flexibility index (Phi) is 3.82. The van der Waals surface area contributed by atoms with E-state index in [1.54, 1.807) is 6.07 Å². The normalized spacial score (nSPS) is 10.4. The van der Waals surface area contributed by atoms with Crippen LogP contribution < -0.4 is 0 Å². The molecule has 0 radical (unpaired) electrons. The van der Waals surface area contributed by atoms with Crippen LogP contribution in [0.5, 0.6) is 0 Å². The topological polar surface area (TPSA) is 78.0 Å². The molecule has 0 aliphatic heterocycles. The van der Waals surface area contributed by atoms with Crippen LogP contribution in [0.2, 0.25) is 10.0 Å². The molecule has 98 valence electrons. The first-order valence-corrected chi connectivity index (χ1v) is 5.87. The SMILES string of the molecule is O=C(Cn1cnc([N+](=O)[O-])c1)c1ccc(Cl)cc1Cl. The van der Waals surface area contributed by atoms with Gasteiger partial charge in [-0.15, -0.1) is 0 Å². The largest absolute Gasteiger partial charge is 0.381 e. The van der Waals surface area contributed by atoms with Crippen molar-refractivity contribution in [2.24, 2.45) is 0 Å². The highest BCUT2D eigenvalue weighted by Gasteiger charge is 2.15. The van der Waals surface area contributed by atoms with Crippen LogP contribution in [0.1, 0.15) is 10.4 Å². The van der Waals surface area contributed by atoms with Gasteiger partial charge in [0.2, 0.25) is 6.33 Å². The number of hydrogen-bond donors (Lipinski definition) is 0. The van der Waals surface area contributed by atoms with E-state index in [1.807, 2.05) is 0 Å². The lowest BCUT2D eigenvalue weighted by molar-refractivity contribution is -0.389. The van der Waals surface area contributed by atoms with E-state index in [1.165, 1.54) is 29.2 Å². The smallest absolute Gasteiger partial charge is 0.358 e. The van der Waals surface area contributed by atoms with E-state index in [0.717, 1.165) is 0 Å². The van der Waals surface area contributed by atoms with Crippen molar-refractivity contribution in [1.82, 2.24) is 9.55 Å². The monoisotopic (exact) mass is 299 g/mol.